The third kappa shape index (κ3) is 3.08. The second-order valence-electron chi connectivity index (χ2n) is 3.88. The highest BCUT2D eigenvalue weighted by Gasteiger charge is 2.12. The van der Waals surface area contributed by atoms with E-state index >= 15 is 0 Å². The summed E-state index contributed by atoms with van der Waals surface area (Å²) in [4.78, 5) is 11.9. The van der Waals surface area contributed by atoms with Crippen LogP contribution in [0.15, 0.2) is 36.4 Å². The van der Waals surface area contributed by atoms with E-state index in [0.717, 1.165) is 6.07 Å². The van der Waals surface area contributed by atoms with Crippen molar-refractivity contribution in [2.24, 2.45) is 0 Å². The molecule has 0 aromatic heterocycles. The van der Waals surface area contributed by atoms with Gasteiger partial charge < -0.3 is 5.32 Å². The molecule has 0 spiro atoms. The number of nitrogens with zero attached hydrogens (tertiary/aromatic N) is 1. The minimum absolute atomic E-state index is 0.130. The summed E-state index contributed by atoms with van der Waals surface area (Å²) in [6.07, 6.45) is 0. The Hall–Kier alpha value is -2.09. The van der Waals surface area contributed by atoms with Crippen LogP contribution < -0.4 is 5.32 Å². The van der Waals surface area contributed by atoms with Crippen LogP contribution in [0, 0.1) is 17.1 Å². The van der Waals surface area contributed by atoms with Crippen LogP contribution in [0.5, 0.6) is 0 Å². The molecule has 3 nitrogen and oxygen atoms in total. The molecule has 0 fully saturated rings. The van der Waals surface area contributed by atoms with Gasteiger partial charge in [-0.25, -0.2) is 4.39 Å². The molecule has 0 heterocycles. The third-order valence-corrected chi connectivity index (χ3v) is 3.07. The standard InChI is InChI=1S/C14H7Cl2FN2O/c15-9-2-4-11(13(17)5-9)14(20)19-10-3-1-8(7-18)12(16)6-10/h1-6H,(H,19,20). The van der Waals surface area contributed by atoms with Crippen molar-refractivity contribution in [1.29, 1.82) is 5.26 Å². The van der Waals surface area contributed by atoms with Crippen LogP contribution in [0.1, 0.15) is 15.9 Å². The number of anilines is 1. The summed E-state index contributed by atoms with van der Waals surface area (Å²) in [5, 5.41) is 11.7. The van der Waals surface area contributed by atoms with Gasteiger partial charge >= 0.3 is 0 Å². The molecule has 0 saturated carbocycles. The average molecular weight is 309 g/mol. The average Bonchev–Trinajstić information content (AvgIpc) is 2.38. The Morgan fingerprint density at radius 2 is 1.95 bits per heavy atom. The lowest BCUT2D eigenvalue weighted by atomic mass is 10.2. The molecule has 2 rings (SSSR count). The van der Waals surface area contributed by atoms with Crippen LogP contribution in [0.3, 0.4) is 0 Å². The molecule has 0 radical (unpaired) electrons. The van der Waals surface area contributed by atoms with Crippen LogP contribution in [0.25, 0.3) is 0 Å². The number of carbonyl (C=O) groups excluding carboxylic acids is 1. The van der Waals surface area contributed by atoms with E-state index in [1.54, 1.807) is 0 Å². The predicted octanol–water partition coefficient (Wildman–Crippen LogP) is 4.26. The van der Waals surface area contributed by atoms with Crippen LogP contribution in [-0.2, 0) is 0 Å². The van der Waals surface area contributed by atoms with Crippen molar-refractivity contribution in [3.05, 3.63) is 63.4 Å². The fourth-order valence-corrected chi connectivity index (χ4v) is 1.94. The second-order valence-corrected chi connectivity index (χ2v) is 4.73. The normalized spacial score (nSPS) is 9.90. The van der Waals surface area contributed by atoms with Gasteiger partial charge in [-0.2, -0.15) is 5.26 Å². The highest BCUT2D eigenvalue weighted by molar-refractivity contribution is 6.32. The third-order valence-electron chi connectivity index (χ3n) is 2.52. The first kappa shape index (κ1) is 14.3. The maximum absolute atomic E-state index is 13.6. The molecule has 2 aromatic rings. The van der Waals surface area contributed by atoms with Gasteiger partial charge in [-0.15, -0.1) is 0 Å². The Kier molecular flexibility index (Phi) is 4.23. The minimum Gasteiger partial charge on any atom is -0.322 e. The topological polar surface area (TPSA) is 52.9 Å². The van der Waals surface area contributed by atoms with Crippen LogP contribution in [0.2, 0.25) is 10.0 Å². The van der Waals surface area contributed by atoms with Gasteiger partial charge in [0.05, 0.1) is 16.1 Å². The number of rotatable bonds is 2. The van der Waals surface area contributed by atoms with Gasteiger partial charge in [-0.05, 0) is 36.4 Å². The van der Waals surface area contributed by atoms with Gasteiger partial charge in [0.25, 0.3) is 5.91 Å². The highest BCUT2D eigenvalue weighted by atomic mass is 35.5. The predicted molar refractivity (Wildman–Crippen MR) is 75.5 cm³/mol. The Bertz CT molecular complexity index is 726. The van der Waals surface area contributed by atoms with Crippen molar-refractivity contribution in [3.8, 4) is 6.07 Å². The SMILES string of the molecule is N#Cc1ccc(NC(=O)c2ccc(Cl)cc2F)cc1Cl. The van der Waals surface area contributed by atoms with Crippen LogP contribution in [-0.4, -0.2) is 5.91 Å². The number of nitrogens with one attached hydrogen (secondary N) is 1. The van der Waals surface area contributed by atoms with Crippen molar-refractivity contribution in [2.75, 3.05) is 5.32 Å². The van der Waals surface area contributed by atoms with E-state index in [0.29, 0.717) is 11.3 Å². The van der Waals surface area contributed by atoms with Crippen molar-refractivity contribution in [2.45, 2.75) is 0 Å². The molecule has 0 aliphatic heterocycles. The van der Waals surface area contributed by atoms with E-state index in [1.165, 1.54) is 30.3 Å². The van der Waals surface area contributed by atoms with E-state index in [9.17, 15) is 9.18 Å². The molecule has 0 aliphatic carbocycles. The number of amides is 1. The minimum atomic E-state index is -0.713. The van der Waals surface area contributed by atoms with Gasteiger partial charge in [0.15, 0.2) is 0 Å². The first-order chi connectivity index (χ1) is 9.51. The molecule has 2 aromatic carbocycles. The molecule has 0 saturated heterocycles. The summed E-state index contributed by atoms with van der Waals surface area (Å²) in [5.41, 5.74) is 0.533. The summed E-state index contributed by atoms with van der Waals surface area (Å²) in [5.74, 6) is -1.34. The maximum Gasteiger partial charge on any atom is 0.258 e. The van der Waals surface area contributed by atoms with Crippen molar-refractivity contribution >= 4 is 34.8 Å². The van der Waals surface area contributed by atoms with Gasteiger partial charge in [0.1, 0.15) is 11.9 Å². The molecule has 6 heteroatoms. The molecule has 0 unspecified atom stereocenters. The molecule has 1 N–H and O–H groups in total. The number of halogens is 3. The van der Waals surface area contributed by atoms with Gasteiger partial charge in [0, 0.05) is 10.7 Å². The first-order valence-corrected chi connectivity index (χ1v) is 6.23. The van der Waals surface area contributed by atoms with Gasteiger partial charge in [-0.3, -0.25) is 4.79 Å². The molecule has 1 amide bonds. The van der Waals surface area contributed by atoms with Crippen molar-refractivity contribution in [3.63, 3.8) is 0 Å². The molecular formula is C14H7Cl2FN2O. The highest BCUT2D eigenvalue weighted by Crippen LogP contribution is 2.21. The van der Waals surface area contributed by atoms with Crippen LogP contribution in [0.4, 0.5) is 10.1 Å². The van der Waals surface area contributed by atoms with E-state index in [-0.39, 0.29) is 15.6 Å². The largest absolute Gasteiger partial charge is 0.322 e. The number of benzene rings is 2. The van der Waals surface area contributed by atoms with E-state index in [1.807, 2.05) is 6.07 Å². The van der Waals surface area contributed by atoms with E-state index in [2.05, 4.69) is 5.32 Å². The molecular weight excluding hydrogens is 302 g/mol. The summed E-state index contributed by atoms with van der Waals surface area (Å²) >= 11 is 11.5. The Balaban J connectivity index is 2.24. The second kappa shape index (κ2) is 5.91. The molecule has 0 aliphatic rings. The zero-order chi connectivity index (χ0) is 14.7. The smallest absolute Gasteiger partial charge is 0.258 e. The maximum atomic E-state index is 13.6. The zero-order valence-corrected chi connectivity index (χ0v) is 11.5. The zero-order valence-electron chi connectivity index (χ0n) is 9.95. The van der Waals surface area contributed by atoms with Gasteiger partial charge in [0.2, 0.25) is 0 Å². The Morgan fingerprint density at radius 3 is 2.55 bits per heavy atom. The van der Waals surface area contributed by atoms with Gasteiger partial charge in [-0.1, -0.05) is 23.2 Å². The Morgan fingerprint density at radius 1 is 1.20 bits per heavy atom. The summed E-state index contributed by atoms with van der Waals surface area (Å²) in [6, 6.07) is 10.1. The fraction of sp³-hybridized carbons (Fsp3) is 0. The number of nitriles is 1. The first-order valence-electron chi connectivity index (χ1n) is 5.47. The van der Waals surface area contributed by atoms with E-state index < -0.39 is 11.7 Å². The molecule has 0 bridgehead atoms. The fourth-order valence-electron chi connectivity index (χ4n) is 1.56. The monoisotopic (exact) mass is 308 g/mol. The number of hydrogen-bond acceptors (Lipinski definition) is 2. The van der Waals surface area contributed by atoms with Crippen molar-refractivity contribution in [1.82, 2.24) is 0 Å². The quantitative estimate of drug-likeness (QED) is 0.901. The van der Waals surface area contributed by atoms with E-state index in [4.69, 9.17) is 28.5 Å². The van der Waals surface area contributed by atoms with Crippen LogP contribution >= 0.6 is 23.2 Å². The molecule has 0 atom stereocenters. The Labute approximate surface area is 124 Å². The number of carbonyl (C=O) groups is 1. The lowest BCUT2D eigenvalue weighted by Gasteiger charge is -2.07. The molecule has 20 heavy (non-hydrogen) atoms. The molecule has 100 valence electrons. The summed E-state index contributed by atoms with van der Waals surface area (Å²) < 4.78 is 13.6. The van der Waals surface area contributed by atoms with Crippen molar-refractivity contribution < 1.29 is 9.18 Å². The summed E-state index contributed by atoms with van der Waals surface area (Å²) in [6.45, 7) is 0. The lowest BCUT2D eigenvalue weighted by Crippen LogP contribution is -2.13. The summed E-state index contributed by atoms with van der Waals surface area (Å²) in [7, 11) is 0. The lowest BCUT2D eigenvalue weighted by molar-refractivity contribution is 0.102. The number of hydrogen-bond donors (Lipinski definition) is 1.